The van der Waals surface area contributed by atoms with Crippen molar-refractivity contribution in [2.45, 2.75) is 52.2 Å². The molecule has 0 radical (unpaired) electrons. The number of ether oxygens (including phenoxy) is 1. The molecule has 0 aliphatic heterocycles. The number of anilines is 1. The molecule has 0 saturated heterocycles. The Balaban J connectivity index is 2.10. The molecule has 2 rings (SSSR count). The highest BCUT2D eigenvalue weighted by Crippen LogP contribution is 2.27. The van der Waals surface area contributed by atoms with Crippen molar-refractivity contribution in [1.82, 2.24) is 9.78 Å². The van der Waals surface area contributed by atoms with Gasteiger partial charge in [-0.2, -0.15) is 5.10 Å². The fourth-order valence-electron chi connectivity index (χ4n) is 2.42. The summed E-state index contributed by atoms with van der Waals surface area (Å²) in [4.78, 5) is 12.5. The van der Waals surface area contributed by atoms with Crippen molar-refractivity contribution in [3.8, 4) is 0 Å². The zero-order valence-electron chi connectivity index (χ0n) is 13.0. The minimum absolute atomic E-state index is 0.151. The number of rotatable bonds is 7. The highest BCUT2D eigenvalue weighted by Gasteiger charge is 2.22. The van der Waals surface area contributed by atoms with Gasteiger partial charge in [-0.05, 0) is 39.5 Å². The van der Waals surface area contributed by atoms with Crippen LogP contribution in [0.1, 0.15) is 40.0 Å². The van der Waals surface area contributed by atoms with E-state index in [4.69, 9.17) is 16.3 Å². The number of aromatic nitrogens is 2. The van der Waals surface area contributed by atoms with Crippen LogP contribution in [0.4, 0.5) is 5.69 Å². The first-order valence-corrected chi connectivity index (χ1v) is 7.94. The summed E-state index contributed by atoms with van der Waals surface area (Å²) in [5, 5.41) is 7.63. The molecule has 1 aromatic rings. The maximum absolute atomic E-state index is 12.5. The van der Waals surface area contributed by atoms with Crippen molar-refractivity contribution in [3.05, 3.63) is 21.6 Å². The van der Waals surface area contributed by atoms with Gasteiger partial charge in [-0.15, -0.1) is 0 Å². The van der Waals surface area contributed by atoms with Gasteiger partial charge in [0.2, 0.25) is 0 Å². The van der Waals surface area contributed by atoms with Crippen LogP contribution in [0.2, 0.25) is 5.02 Å². The third-order valence-electron chi connectivity index (χ3n) is 3.88. The van der Waals surface area contributed by atoms with E-state index in [1.54, 1.807) is 0 Å². The summed E-state index contributed by atoms with van der Waals surface area (Å²) in [5.41, 5.74) is -0.0903. The molecule has 0 atom stereocenters. The molecule has 1 saturated carbocycles. The number of halogens is 1. The van der Waals surface area contributed by atoms with Gasteiger partial charge in [0.15, 0.2) is 0 Å². The van der Waals surface area contributed by atoms with E-state index in [0.29, 0.717) is 36.3 Å². The zero-order chi connectivity index (χ0) is 15.5. The Hall–Kier alpha value is -1.07. The Morgan fingerprint density at radius 2 is 2.24 bits per heavy atom. The Morgan fingerprint density at radius 1 is 1.52 bits per heavy atom. The Bertz CT molecular complexity index is 538. The lowest BCUT2D eigenvalue weighted by Gasteiger charge is -2.27. The predicted molar refractivity (Wildman–Crippen MR) is 85.0 cm³/mol. The maximum Gasteiger partial charge on any atom is 0.291 e. The molecular weight excluding hydrogens is 290 g/mol. The molecule has 0 amide bonds. The van der Waals surface area contributed by atoms with E-state index in [1.807, 2.05) is 20.8 Å². The van der Waals surface area contributed by atoms with Crippen molar-refractivity contribution in [3.63, 3.8) is 0 Å². The topological polar surface area (TPSA) is 56.1 Å². The van der Waals surface area contributed by atoms with E-state index in [0.717, 1.165) is 0 Å². The average molecular weight is 314 g/mol. The fourth-order valence-corrected chi connectivity index (χ4v) is 2.61. The highest BCUT2D eigenvalue weighted by molar-refractivity contribution is 6.32. The molecule has 0 aromatic carbocycles. The van der Waals surface area contributed by atoms with Crippen molar-refractivity contribution < 1.29 is 4.74 Å². The second-order valence-corrected chi connectivity index (χ2v) is 6.61. The van der Waals surface area contributed by atoms with Crippen LogP contribution in [0.3, 0.4) is 0 Å². The van der Waals surface area contributed by atoms with E-state index in [2.05, 4.69) is 10.4 Å². The van der Waals surface area contributed by atoms with Crippen molar-refractivity contribution in [1.29, 1.82) is 0 Å². The molecule has 21 heavy (non-hydrogen) atoms. The Labute approximate surface area is 130 Å². The van der Waals surface area contributed by atoms with Crippen LogP contribution in [0.25, 0.3) is 0 Å². The third-order valence-corrected chi connectivity index (χ3v) is 4.17. The van der Waals surface area contributed by atoms with Gasteiger partial charge >= 0.3 is 0 Å². The van der Waals surface area contributed by atoms with Gasteiger partial charge in [-0.25, -0.2) is 4.68 Å². The van der Waals surface area contributed by atoms with Gasteiger partial charge in [-0.3, -0.25) is 4.79 Å². The van der Waals surface area contributed by atoms with E-state index >= 15 is 0 Å². The van der Waals surface area contributed by atoms with E-state index in [1.165, 1.54) is 30.1 Å². The monoisotopic (exact) mass is 313 g/mol. The quantitative estimate of drug-likeness (QED) is 0.841. The smallest absolute Gasteiger partial charge is 0.291 e. The van der Waals surface area contributed by atoms with Gasteiger partial charge < -0.3 is 10.1 Å². The minimum Gasteiger partial charge on any atom is -0.376 e. The van der Waals surface area contributed by atoms with Crippen LogP contribution in [-0.4, -0.2) is 28.5 Å². The van der Waals surface area contributed by atoms with Crippen LogP contribution >= 0.6 is 11.6 Å². The van der Waals surface area contributed by atoms with E-state index < -0.39 is 0 Å². The summed E-state index contributed by atoms with van der Waals surface area (Å²) in [6.45, 7) is 7.73. The molecule has 1 aromatic heterocycles. The molecule has 0 spiro atoms. The van der Waals surface area contributed by atoms with Gasteiger partial charge in [0, 0.05) is 19.7 Å². The second kappa shape index (κ2) is 6.79. The molecule has 118 valence electrons. The molecule has 0 bridgehead atoms. The van der Waals surface area contributed by atoms with Crippen molar-refractivity contribution in [2.24, 2.45) is 5.92 Å². The normalized spacial score (nSPS) is 15.8. The summed E-state index contributed by atoms with van der Waals surface area (Å²) >= 11 is 6.11. The lowest BCUT2D eigenvalue weighted by Crippen LogP contribution is -2.36. The fraction of sp³-hybridized carbons (Fsp3) is 0.733. The van der Waals surface area contributed by atoms with Gasteiger partial charge in [0.25, 0.3) is 5.56 Å². The van der Waals surface area contributed by atoms with Gasteiger partial charge in [-0.1, -0.05) is 18.0 Å². The van der Waals surface area contributed by atoms with Crippen molar-refractivity contribution >= 4 is 17.3 Å². The molecule has 0 unspecified atom stereocenters. The number of hydrogen-bond donors (Lipinski definition) is 1. The highest BCUT2D eigenvalue weighted by atomic mass is 35.5. The average Bonchev–Trinajstić information content (AvgIpc) is 2.35. The number of nitrogens with one attached hydrogen (secondary N) is 1. The summed E-state index contributed by atoms with van der Waals surface area (Å²) in [6.07, 6.45) is 5.14. The lowest BCUT2D eigenvalue weighted by molar-refractivity contribution is 0.000672. The molecule has 1 aliphatic rings. The Morgan fingerprint density at radius 3 is 2.81 bits per heavy atom. The molecule has 1 fully saturated rings. The minimum atomic E-state index is -0.355. The number of hydrogen-bond acceptors (Lipinski definition) is 4. The first kappa shape index (κ1) is 16.3. The molecule has 6 heteroatoms. The standard InChI is InChI=1S/C15H24ClN3O2/c1-4-21-15(2,3)10-17-13-12(16)8-18-19(14(13)20)9-11-6-5-7-11/h8,11,17H,4-7,9-10H2,1-3H3. The molecule has 1 aliphatic carbocycles. The van der Waals surface area contributed by atoms with Crippen LogP contribution < -0.4 is 10.9 Å². The van der Waals surface area contributed by atoms with Crippen LogP contribution in [0, 0.1) is 5.92 Å². The van der Waals surface area contributed by atoms with Crippen LogP contribution in [0.5, 0.6) is 0 Å². The molecule has 1 N–H and O–H groups in total. The first-order valence-electron chi connectivity index (χ1n) is 7.56. The van der Waals surface area contributed by atoms with E-state index in [-0.39, 0.29) is 11.2 Å². The SMILES string of the molecule is CCOC(C)(C)CNc1c(Cl)cnn(CC2CCC2)c1=O. The largest absolute Gasteiger partial charge is 0.376 e. The Kier molecular flexibility index (Phi) is 5.27. The summed E-state index contributed by atoms with van der Waals surface area (Å²) in [5.74, 6) is 0.573. The van der Waals surface area contributed by atoms with E-state index in [9.17, 15) is 4.79 Å². The second-order valence-electron chi connectivity index (χ2n) is 6.20. The maximum atomic E-state index is 12.5. The predicted octanol–water partition coefficient (Wildman–Crippen LogP) is 2.92. The summed E-state index contributed by atoms with van der Waals surface area (Å²) in [6, 6.07) is 0. The summed E-state index contributed by atoms with van der Waals surface area (Å²) in [7, 11) is 0. The van der Waals surface area contributed by atoms with Crippen molar-refractivity contribution in [2.75, 3.05) is 18.5 Å². The van der Waals surface area contributed by atoms with Gasteiger partial charge in [0.1, 0.15) is 5.69 Å². The zero-order valence-corrected chi connectivity index (χ0v) is 13.7. The van der Waals surface area contributed by atoms with Gasteiger partial charge in [0.05, 0.1) is 16.8 Å². The first-order chi connectivity index (χ1) is 9.93. The molecule has 5 nitrogen and oxygen atoms in total. The molecule has 1 heterocycles. The third kappa shape index (κ3) is 4.20. The van der Waals surface area contributed by atoms with Crippen LogP contribution in [0.15, 0.2) is 11.0 Å². The van der Waals surface area contributed by atoms with Crippen LogP contribution in [-0.2, 0) is 11.3 Å². The molecular formula is C15H24ClN3O2. The number of nitrogens with zero attached hydrogens (tertiary/aromatic N) is 2. The summed E-state index contributed by atoms with van der Waals surface area (Å²) < 4.78 is 7.14. The lowest BCUT2D eigenvalue weighted by atomic mass is 9.85.